The molecule has 24 heavy (non-hydrogen) atoms. The maximum absolute atomic E-state index is 13.2. The molecule has 0 aliphatic carbocycles. The maximum Gasteiger partial charge on any atom is 0.260 e. The van der Waals surface area contributed by atoms with Crippen LogP contribution in [0, 0.1) is 0 Å². The first-order chi connectivity index (χ1) is 11.7. The number of hydrogen-bond acceptors (Lipinski definition) is 2. The first-order valence-electron chi connectivity index (χ1n) is 8.17. The number of fused-ring (bicyclic) bond motifs is 2. The summed E-state index contributed by atoms with van der Waals surface area (Å²) in [6.07, 6.45) is 3.62. The lowest BCUT2D eigenvalue weighted by molar-refractivity contribution is 0.0941. The average molecular weight is 318 g/mol. The predicted octanol–water partition coefficient (Wildman–Crippen LogP) is 3.89. The number of benzene rings is 2. The molecule has 0 bridgehead atoms. The third kappa shape index (κ3) is 2.22. The van der Waals surface area contributed by atoms with Crippen LogP contribution in [0.1, 0.15) is 34.1 Å². The molecule has 1 aromatic heterocycles. The van der Waals surface area contributed by atoms with Gasteiger partial charge in [0.05, 0.1) is 11.1 Å². The molecule has 120 valence electrons. The highest BCUT2D eigenvalue weighted by molar-refractivity contribution is 6.15. The van der Waals surface area contributed by atoms with E-state index >= 15 is 0 Å². The lowest BCUT2D eigenvalue weighted by atomic mass is 10.0. The second-order valence-corrected chi connectivity index (χ2v) is 6.14. The van der Waals surface area contributed by atoms with Gasteiger partial charge in [-0.15, -0.1) is 0 Å². The van der Waals surface area contributed by atoms with Crippen molar-refractivity contribution in [1.82, 2.24) is 4.57 Å². The van der Waals surface area contributed by atoms with E-state index in [4.69, 9.17) is 0 Å². The van der Waals surface area contributed by atoms with Crippen LogP contribution in [-0.2, 0) is 6.42 Å². The fourth-order valence-corrected chi connectivity index (χ4v) is 3.50. The molecule has 1 amide bonds. The Morgan fingerprint density at radius 3 is 2.58 bits per heavy atom. The summed E-state index contributed by atoms with van der Waals surface area (Å²) < 4.78 is 1.55. The number of para-hydroxylation sites is 2. The van der Waals surface area contributed by atoms with Crippen molar-refractivity contribution in [3.8, 4) is 0 Å². The van der Waals surface area contributed by atoms with Gasteiger partial charge in [-0.05, 0) is 30.5 Å². The van der Waals surface area contributed by atoms with Crippen molar-refractivity contribution < 1.29 is 9.59 Å². The third-order valence-electron chi connectivity index (χ3n) is 4.64. The summed E-state index contributed by atoms with van der Waals surface area (Å²) >= 11 is 0. The van der Waals surface area contributed by atoms with E-state index in [0.29, 0.717) is 12.1 Å². The number of amides is 1. The summed E-state index contributed by atoms with van der Waals surface area (Å²) in [6.45, 7) is 2.21. The number of nitrogens with zero attached hydrogens (tertiary/aromatic N) is 2. The number of hydrogen-bond donors (Lipinski definition) is 0. The molecule has 0 atom stereocenters. The summed E-state index contributed by atoms with van der Waals surface area (Å²) in [4.78, 5) is 27.0. The van der Waals surface area contributed by atoms with E-state index in [1.165, 1.54) is 12.5 Å². The molecule has 2 heterocycles. The Morgan fingerprint density at radius 1 is 1.00 bits per heavy atom. The quantitative estimate of drug-likeness (QED) is 0.683. The van der Waals surface area contributed by atoms with Crippen LogP contribution in [-0.4, -0.2) is 22.9 Å². The van der Waals surface area contributed by atoms with E-state index in [0.717, 1.165) is 29.4 Å². The predicted molar refractivity (Wildman–Crippen MR) is 94.7 cm³/mol. The van der Waals surface area contributed by atoms with E-state index in [-0.39, 0.29) is 11.8 Å². The van der Waals surface area contributed by atoms with E-state index in [1.807, 2.05) is 47.4 Å². The molecule has 0 spiro atoms. The molecule has 3 aromatic rings. The Bertz CT molecular complexity index is 955. The Balaban J connectivity index is 1.84. The topological polar surface area (TPSA) is 42.3 Å². The van der Waals surface area contributed by atoms with Gasteiger partial charge in [0.25, 0.3) is 5.91 Å². The largest absolute Gasteiger partial charge is 0.308 e. The standard InChI is InChI=1S/C20H18N2O2/c1-14(23)22-13-17(16-9-3-5-11-19(16)22)20(24)21-12-6-8-15-7-2-4-10-18(15)21/h2-5,7,9-11,13H,6,8,12H2,1H3. The van der Waals surface area contributed by atoms with Crippen molar-refractivity contribution >= 4 is 28.4 Å². The van der Waals surface area contributed by atoms with Crippen LogP contribution in [0.15, 0.2) is 54.7 Å². The SMILES string of the molecule is CC(=O)n1cc(C(=O)N2CCCc3ccccc32)c2ccccc21. The lowest BCUT2D eigenvalue weighted by Gasteiger charge is -2.29. The summed E-state index contributed by atoms with van der Waals surface area (Å²) in [5.74, 6) is -0.136. The van der Waals surface area contributed by atoms with Gasteiger partial charge >= 0.3 is 0 Å². The summed E-state index contributed by atoms with van der Waals surface area (Å²) in [7, 11) is 0. The minimum Gasteiger partial charge on any atom is -0.308 e. The Morgan fingerprint density at radius 2 is 1.75 bits per heavy atom. The van der Waals surface area contributed by atoms with Crippen LogP contribution >= 0.6 is 0 Å². The molecule has 4 heteroatoms. The van der Waals surface area contributed by atoms with Crippen LogP contribution in [0.4, 0.5) is 5.69 Å². The highest BCUT2D eigenvalue weighted by Gasteiger charge is 2.26. The van der Waals surface area contributed by atoms with E-state index in [2.05, 4.69) is 6.07 Å². The minimum atomic E-state index is -0.0932. The highest BCUT2D eigenvalue weighted by Crippen LogP contribution is 2.30. The molecular weight excluding hydrogens is 300 g/mol. The normalized spacial score (nSPS) is 13.8. The zero-order chi connectivity index (χ0) is 16.7. The number of anilines is 1. The second kappa shape index (κ2) is 5.64. The lowest BCUT2D eigenvalue weighted by Crippen LogP contribution is -2.35. The van der Waals surface area contributed by atoms with Crippen molar-refractivity contribution in [2.75, 3.05) is 11.4 Å². The molecular formula is C20H18N2O2. The third-order valence-corrected chi connectivity index (χ3v) is 4.64. The number of carbonyl (C=O) groups excluding carboxylic acids is 2. The van der Waals surface area contributed by atoms with Gasteiger partial charge in [0.1, 0.15) is 0 Å². The van der Waals surface area contributed by atoms with E-state index < -0.39 is 0 Å². The van der Waals surface area contributed by atoms with Gasteiger partial charge in [0, 0.05) is 30.7 Å². The molecule has 0 saturated carbocycles. The van der Waals surface area contributed by atoms with Gasteiger partial charge < -0.3 is 4.90 Å². The molecule has 0 fully saturated rings. The van der Waals surface area contributed by atoms with Crippen molar-refractivity contribution in [3.63, 3.8) is 0 Å². The van der Waals surface area contributed by atoms with E-state index in [1.54, 1.807) is 10.8 Å². The molecule has 0 N–H and O–H groups in total. The summed E-state index contributed by atoms with van der Waals surface area (Å²) in [6, 6.07) is 15.6. The second-order valence-electron chi connectivity index (χ2n) is 6.14. The summed E-state index contributed by atoms with van der Waals surface area (Å²) in [5, 5.41) is 0.820. The molecule has 2 aromatic carbocycles. The van der Waals surface area contributed by atoms with Crippen molar-refractivity contribution in [2.45, 2.75) is 19.8 Å². The monoisotopic (exact) mass is 318 g/mol. The molecule has 4 rings (SSSR count). The Kier molecular flexibility index (Phi) is 3.45. The van der Waals surface area contributed by atoms with Crippen LogP contribution in [0.2, 0.25) is 0 Å². The Labute approximate surface area is 140 Å². The molecule has 4 nitrogen and oxygen atoms in total. The minimum absolute atomic E-state index is 0.0432. The molecule has 0 saturated heterocycles. The van der Waals surface area contributed by atoms with Crippen LogP contribution in [0.3, 0.4) is 0 Å². The maximum atomic E-state index is 13.2. The highest BCUT2D eigenvalue weighted by atomic mass is 16.2. The zero-order valence-electron chi connectivity index (χ0n) is 13.5. The number of aromatic nitrogens is 1. The molecule has 1 aliphatic heterocycles. The van der Waals surface area contributed by atoms with Gasteiger partial charge in [-0.25, -0.2) is 0 Å². The van der Waals surface area contributed by atoms with Crippen LogP contribution < -0.4 is 4.90 Å². The van der Waals surface area contributed by atoms with Gasteiger partial charge in [-0.2, -0.15) is 0 Å². The zero-order valence-corrected chi connectivity index (χ0v) is 13.5. The van der Waals surface area contributed by atoms with Gasteiger partial charge in [-0.1, -0.05) is 36.4 Å². The first kappa shape index (κ1) is 14.7. The smallest absolute Gasteiger partial charge is 0.260 e. The number of rotatable bonds is 1. The van der Waals surface area contributed by atoms with Gasteiger partial charge in [0.2, 0.25) is 5.91 Å². The molecule has 1 aliphatic rings. The fourth-order valence-electron chi connectivity index (χ4n) is 3.50. The van der Waals surface area contributed by atoms with Crippen LogP contribution in [0.5, 0.6) is 0 Å². The summed E-state index contributed by atoms with van der Waals surface area (Å²) in [5.41, 5.74) is 3.54. The number of aryl methyl sites for hydroxylation is 1. The van der Waals surface area contributed by atoms with Gasteiger partial charge in [-0.3, -0.25) is 14.2 Å². The fraction of sp³-hybridized carbons (Fsp3) is 0.200. The van der Waals surface area contributed by atoms with Crippen molar-refractivity contribution in [3.05, 3.63) is 65.9 Å². The molecule has 0 radical (unpaired) electrons. The van der Waals surface area contributed by atoms with Gasteiger partial charge in [0.15, 0.2) is 0 Å². The van der Waals surface area contributed by atoms with Crippen LogP contribution in [0.25, 0.3) is 10.9 Å². The average Bonchev–Trinajstić information content (AvgIpc) is 3.00. The first-order valence-corrected chi connectivity index (χ1v) is 8.17. The number of carbonyl (C=O) groups is 2. The Hall–Kier alpha value is -2.88. The molecule has 0 unspecified atom stereocenters. The van der Waals surface area contributed by atoms with E-state index in [9.17, 15) is 9.59 Å². The van der Waals surface area contributed by atoms with Crippen molar-refractivity contribution in [2.24, 2.45) is 0 Å². The van der Waals surface area contributed by atoms with Crippen molar-refractivity contribution in [1.29, 1.82) is 0 Å².